The Hall–Kier alpha value is -2.37. The normalized spacial score (nSPS) is 9.90. The Balaban J connectivity index is 2.83. The van der Waals surface area contributed by atoms with Crippen LogP contribution >= 0.6 is 0 Å². The first-order valence-electron chi connectivity index (χ1n) is 6.32. The molecule has 6 heteroatoms. The Bertz CT molecular complexity index is 514. The summed E-state index contributed by atoms with van der Waals surface area (Å²) in [5.74, 6) is -1.41. The number of hydrogen-bond donors (Lipinski definition) is 2. The number of amides is 2. The van der Waals surface area contributed by atoms with Crippen LogP contribution in [0.5, 0.6) is 0 Å². The molecule has 0 atom stereocenters. The zero-order chi connectivity index (χ0) is 15.1. The number of carboxylic acids is 1. The van der Waals surface area contributed by atoms with E-state index in [1.165, 1.54) is 11.8 Å². The largest absolute Gasteiger partial charge is 0.481 e. The average molecular weight is 278 g/mol. The van der Waals surface area contributed by atoms with Gasteiger partial charge < -0.3 is 15.3 Å². The molecular formula is C14H18N2O4. The fourth-order valence-corrected chi connectivity index (χ4v) is 1.75. The highest BCUT2D eigenvalue weighted by molar-refractivity contribution is 5.96. The van der Waals surface area contributed by atoms with Crippen LogP contribution < -0.4 is 5.32 Å². The van der Waals surface area contributed by atoms with Crippen LogP contribution in [0, 0.1) is 0 Å². The van der Waals surface area contributed by atoms with E-state index >= 15 is 0 Å². The molecule has 1 rings (SSSR count). The molecule has 0 saturated heterocycles. The molecule has 0 aliphatic rings. The van der Waals surface area contributed by atoms with Crippen molar-refractivity contribution in [1.29, 1.82) is 0 Å². The molecule has 1 aromatic carbocycles. The molecule has 0 bridgehead atoms. The molecule has 108 valence electrons. The van der Waals surface area contributed by atoms with Crippen molar-refractivity contribution in [2.24, 2.45) is 0 Å². The van der Waals surface area contributed by atoms with Gasteiger partial charge >= 0.3 is 5.97 Å². The first-order valence-corrected chi connectivity index (χ1v) is 6.32. The summed E-state index contributed by atoms with van der Waals surface area (Å²) >= 11 is 0. The Kier molecular flexibility index (Phi) is 5.71. The van der Waals surface area contributed by atoms with Crippen LogP contribution in [0.2, 0.25) is 0 Å². The maximum absolute atomic E-state index is 12.2. The molecule has 2 amide bonds. The number of carbonyl (C=O) groups is 3. The second-order valence-electron chi connectivity index (χ2n) is 4.29. The number of anilines is 1. The Morgan fingerprint density at radius 2 is 2.00 bits per heavy atom. The second kappa shape index (κ2) is 7.28. The molecule has 0 spiro atoms. The van der Waals surface area contributed by atoms with Gasteiger partial charge in [-0.3, -0.25) is 14.4 Å². The van der Waals surface area contributed by atoms with Gasteiger partial charge in [-0.25, -0.2) is 0 Å². The van der Waals surface area contributed by atoms with Gasteiger partial charge in [-0.2, -0.15) is 0 Å². The summed E-state index contributed by atoms with van der Waals surface area (Å²) in [5.41, 5.74) is 0.959. The molecule has 2 N–H and O–H groups in total. The summed E-state index contributed by atoms with van der Waals surface area (Å²) in [5, 5.41) is 11.3. The lowest BCUT2D eigenvalue weighted by atomic mass is 10.1. The van der Waals surface area contributed by atoms with Crippen LogP contribution in [0.4, 0.5) is 5.69 Å². The number of aliphatic carboxylic acids is 1. The molecule has 0 aliphatic heterocycles. The predicted molar refractivity (Wildman–Crippen MR) is 74.6 cm³/mol. The van der Waals surface area contributed by atoms with Crippen molar-refractivity contribution in [2.45, 2.75) is 20.3 Å². The first kappa shape index (κ1) is 15.7. The lowest BCUT2D eigenvalue weighted by molar-refractivity contribution is -0.137. The standard InChI is InChI=1S/C14H18N2O4/c1-3-16(8-7-13(18)19)14(20)11-5-4-6-12(9-11)15-10(2)17/h4-6,9H,3,7-8H2,1-2H3,(H,15,17)(H,18,19). The van der Waals surface area contributed by atoms with Crippen LogP contribution in [-0.4, -0.2) is 40.9 Å². The van der Waals surface area contributed by atoms with E-state index < -0.39 is 5.97 Å². The van der Waals surface area contributed by atoms with Crippen LogP contribution in [-0.2, 0) is 9.59 Å². The summed E-state index contributed by atoms with van der Waals surface area (Å²) < 4.78 is 0. The molecule has 0 saturated carbocycles. The van der Waals surface area contributed by atoms with Crippen LogP contribution in [0.25, 0.3) is 0 Å². The highest BCUT2D eigenvalue weighted by Crippen LogP contribution is 2.13. The molecule has 6 nitrogen and oxygen atoms in total. The average Bonchev–Trinajstić information content (AvgIpc) is 2.38. The van der Waals surface area contributed by atoms with Crippen LogP contribution in [0.1, 0.15) is 30.6 Å². The van der Waals surface area contributed by atoms with Gasteiger partial charge in [0.1, 0.15) is 0 Å². The number of benzene rings is 1. The van der Waals surface area contributed by atoms with Gasteiger partial charge in [0.2, 0.25) is 5.91 Å². The van der Waals surface area contributed by atoms with Crippen molar-refractivity contribution in [3.05, 3.63) is 29.8 Å². The first-order chi connectivity index (χ1) is 9.43. The van der Waals surface area contributed by atoms with Gasteiger partial charge in [-0.05, 0) is 25.1 Å². The van der Waals surface area contributed by atoms with E-state index in [1.54, 1.807) is 31.2 Å². The number of carboxylic acid groups (broad SMARTS) is 1. The molecule has 1 aromatic rings. The minimum atomic E-state index is -0.941. The fraction of sp³-hybridized carbons (Fsp3) is 0.357. The quantitative estimate of drug-likeness (QED) is 0.827. The minimum absolute atomic E-state index is 0.0923. The number of nitrogens with one attached hydrogen (secondary N) is 1. The van der Waals surface area contributed by atoms with Crippen molar-refractivity contribution in [3.8, 4) is 0 Å². The van der Waals surface area contributed by atoms with Gasteiger partial charge in [0.25, 0.3) is 5.91 Å². The minimum Gasteiger partial charge on any atom is -0.481 e. The molecule has 20 heavy (non-hydrogen) atoms. The smallest absolute Gasteiger partial charge is 0.305 e. The number of hydrogen-bond acceptors (Lipinski definition) is 3. The van der Waals surface area contributed by atoms with Crippen molar-refractivity contribution in [2.75, 3.05) is 18.4 Å². The zero-order valence-electron chi connectivity index (χ0n) is 11.5. The highest BCUT2D eigenvalue weighted by atomic mass is 16.4. The molecule has 0 heterocycles. The van der Waals surface area contributed by atoms with Gasteiger partial charge in [0.15, 0.2) is 0 Å². The molecule has 0 aliphatic carbocycles. The number of nitrogens with zero attached hydrogens (tertiary/aromatic N) is 1. The Morgan fingerprint density at radius 3 is 2.55 bits per heavy atom. The zero-order valence-corrected chi connectivity index (χ0v) is 11.5. The van der Waals surface area contributed by atoms with E-state index in [2.05, 4.69) is 5.32 Å². The van der Waals surface area contributed by atoms with Gasteiger partial charge in [-0.1, -0.05) is 6.07 Å². The third-order valence-electron chi connectivity index (χ3n) is 2.69. The maximum Gasteiger partial charge on any atom is 0.305 e. The van der Waals surface area contributed by atoms with E-state index in [4.69, 9.17) is 5.11 Å². The van der Waals surface area contributed by atoms with E-state index in [0.717, 1.165) is 0 Å². The molecule has 0 radical (unpaired) electrons. The second-order valence-corrected chi connectivity index (χ2v) is 4.29. The third kappa shape index (κ3) is 4.72. The van der Waals surface area contributed by atoms with Crippen LogP contribution in [0.3, 0.4) is 0 Å². The SMILES string of the molecule is CCN(CCC(=O)O)C(=O)c1cccc(NC(C)=O)c1. The van der Waals surface area contributed by atoms with Crippen molar-refractivity contribution >= 4 is 23.5 Å². The molecule has 0 aromatic heterocycles. The third-order valence-corrected chi connectivity index (χ3v) is 2.69. The van der Waals surface area contributed by atoms with E-state index in [-0.39, 0.29) is 24.8 Å². The van der Waals surface area contributed by atoms with Crippen LogP contribution in [0.15, 0.2) is 24.3 Å². The predicted octanol–water partition coefficient (Wildman–Crippen LogP) is 1.58. The van der Waals surface area contributed by atoms with Gasteiger partial charge in [-0.15, -0.1) is 0 Å². The van der Waals surface area contributed by atoms with Gasteiger partial charge in [0, 0.05) is 31.3 Å². The summed E-state index contributed by atoms with van der Waals surface area (Å²) in [7, 11) is 0. The number of carbonyl (C=O) groups excluding carboxylic acids is 2. The Morgan fingerprint density at radius 1 is 1.30 bits per heavy atom. The van der Waals surface area contributed by atoms with Crippen molar-refractivity contribution < 1.29 is 19.5 Å². The molecule has 0 unspecified atom stereocenters. The van der Waals surface area contributed by atoms with Crippen molar-refractivity contribution in [3.63, 3.8) is 0 Å². The number of rotatable bonds is 6. The monoisotopic (exact) mass is 278 g/mol. The lowest BCUT2D eigenvalue weighted by Gasteiger charge is -2.20. The Labute approximate surface area is 117 Å². The summed E-state index contributed by atoms with van der Waals surface area (Å²) in [6, 6.07) is 6.57. The maximum atomic E-state index is 12.2. The van der Waals surface area contributed by atoms with Crippen molar-refractivity contribution in [1.82, 2.24) is 4.90 Å². The summed E-state index contributed by atoms with van der Waals surface area (Å²) in [4.78, 5) is 35.3. The van der Waals surface area contributed by atoms with E-state index in [0.29, 0.717) is 17.8 Å². The molecule has 0 fully saturated rings. The highest BCUT2D eigenvalue weighted by Gasteiger charge is 2.15. The topological polar surface area (TPSA) is 86.7 Å². The van der Waals surface area contributed by atoms with E-state index in [1.807, 2.05) is 0 Å². The summed E-state index contributed by atoms with van der Waals surface area (Å²) in [6.45, 7) is 3.77. The summed E-state index contributed by atoms with van der Waals surface area (Å²) in [6.07, 6.45) is -0.0923. The fourth-order valence-electron chi connectivity index (χ4n) is 1.75. The molecular weight excluding hydrogens is 260 g/mol. The van der Waals surface area contributed by atoms with Gasteiger partial charge in [0.05, 0.1) is 6.42 Å². The van der Waals surface area contributed by atoms with E-state index in [9.17, 15) is 14.4 Å². The lowest BCUT2D eigenvalue weighted by Crippen LogP contribution is -2.32.